The molecule has 4 rings (SSSR count). The molecule has 8 heteroatoms. The average molecular weight is 390 g/mol. The van der Waals surface area contributed by atoms with Crippen LogP contribution in [0.15, 0.2) is 42.5 Å². The summed E-state index contributed by atoms with van der Waals surface area (Å²) in [4.78, 5) is 24.1. The van der Waals surface area contributed by atoms with E-state index in [9.17, 15) is 9.59 Å². The minimum Gasteiger partial charge on any atom is -0.469 e. The Labute approximate surface area is 166 Å². The summed E-state index contributed by atoms with van der Waals surface area (Å²) in [6.45, 7) is 1.85. The van der Waals surface area contributed by atoms with Crippen molar-refractivity contribution in [2.75, 3.05) is 14.2 Å². The fourth-order valence-electron chi connectivity index (χ4n) is 3.43. The summed E-state index contributed by atoms with van der Waals surface area (Å²) in [5.41, 5.74) is 3.08. The van der Waals surface area contributed by atoms with Crippen LogP contribution in [-0.4, -0.2) is 46.0 Å². The van der Waals surface area contributed by atoms with E-state index in [0.717, 1.165) is 21.9 Å². The van der Waals surface area contributed by atoms with Gasteiger partial charge in [0.2, 0.25) is 0 Å². The van der Waals surface area contributed by atoms with Gasteiger partial charge in [-0.15, -0.1) is 10.2 Å². The number of ether oxygens (including phenoxy) is 2. The Bertz CT molecular complexity index is 1260. The van der Waals surface area contributed by atoms with E-state index in [1.165, 1.54) is 18.7 Å². The van der Waals surface area contributed by atoms with Crippen LogP contribution >= 0.6 is 0 Å². The number of carbonyl (C=O) groups excluding carboxylic acids is 2. The fourth-order valence-corrected chi connectivity index (χ4v) is 3.43. The molecule has 2 heterocycles. The Hall–Kier alpha value is -3.81. The zero-order chi connectivity index (χ0) is 20.5. The molecule has 0 saturated heterocycles. The molecule has 2 aromatic carbocycles. The summed E-state index contributed by atoms with van der Waals surface area (Å²) < 4.78 is 11.0. The van der Waals surface area contributed by atoms with Gasteiger partial charge in [-0.25, -0.2) is 9.31 Å². The van der Waals surface area contributed by atoms with Crippen molar-refractivity contribution >= 4 is 28.4 Å². The van der Waals surface area contributed by atoms with Crippen LogP contribution in [0.25, 0.3) is 27.5 Å². The summed E-state index contributed by atoms with van der Waals surface area (Å²) in [6.07, 6.45) is -0.191. The molecule has 0 amide bonds. The number of benzene rings is 2. The van der Waals surface area contributed by atoms with Crippen LogP contribution < -0.4 is 0 Å². The van der Waals surface area contributed by atoms with Crippen LogP contribution in [0, 0.1) is 6.92 Å². The van der Waals surface area contributed by atoms with E-state index in [2.05, 4.69) is 15.3 Å². The van der Waals surface area contributed by atoms with Crippen LogP contribution in [0.4, 0.5) is 0 Å². The molecule has 0 fully saturated rings. The maximum absolute atomic E-state index is 12.2. The molecule has 0 aliphatic carbocycles. The monoisotopic (exact) mass is 390 g/mol. The van der Waals surface area contributed by atoms with Gasteiger partial charge in [0.15, 0.2) is 11.3 Å². The Balaban J connectivity index is 2.03. The first-order valence-electron chi connectivity index (χ1n) is 8.93. The first kappa shape index (κ1) is 18.5. The van der Waals surface area contributed by atoms with Gasteiger partial charge in [0.1, 0.15) is 0 Å². The zero-order valence-corrected chi connectivity index (χ0v) is 16.2. The minimum atomic E-state index is -0.696. The smallest absolute Gasteiger partial charge is 0.360 e. The highest BCUT2D eigenvalue weighted by atomic mass is 16.5. The van der Waals surface area contributed by atoms with E-state index in [1.54, 1.807) is 0 Å². The molecule has 2 aromatic heterocycles. The highest BCUT2D eigenvalue weighted by Crippen LogP contribution is 2.33. The van der Waals surface area contributed by atoms with Gasteiger partial charge in [-0.3, -0.25) is 4.79 Å². The van der Waals surface area contributed by atoms with E-state index < -0.39 is 11.9 Å². The Morgan fingerprint density at radius 2 is 1.76 bits per heavy atom. The second-order valence-corrected chi connectivity index (χ2v) is 6.46. The molecule has 8 nitrogen and oxygen atoms in total. The number of methoxy groups -OCH3 is 2. The van der Waals surface area contributed by atoms with Gasteiger partial charge < -0.3 is 9.47 Å². The van der Waals surface area contributed by atoms with Gasteiger partial charge in [0.05, 0.1) is 37.6 Å². The Kier molecular flexibility index (Phi) is 4.67. The molecule has 0 spiro atoms. The average Bonchev–Trinajstić information content (AvgIpc) is 3.09. The quantitative estimate of drug-likeness (QED) is 0.494. The molecule has 0 saturated carbocycles. The predicted molar refractivity (Wildman–Crippen MR) is 106 cm³/mol. The van der Waals surface area contributed by atoms with E-state index in [4.69, 9.17) is 9.47 Å². The van der Waals surface area contributed by atoms with Gasteiger partial charge in [0.25, 0.3) is 0 Å². The van der Waals surface area contributed by atoms with E-state index in [1.807, 2.05) is 49.4 Å². The lowest BCUT2D eigenvalue weighted by Crippen LogP contribution is -2.18. The van der Waals surface area contributed by atoms with E-state index in [0.29, 0.717) is 11.3 Å². The molecule has 0 aliphatic heterocycles. The van der Waals surface area contributed by atoms with E-state index in [-0.39, 0.29) is 17.8 Å². The van der Waals surface area contributed by atoms with Gasteiger partial charge in [-0.05, 0) is 23.3 Å². The van der Waals surface area contributed by atoms with Gasteiger partial charge in [-0.1, -0.05) is 42.5 Å². The van der Waals surface area contributed by atoms with Crippen LogP contribution in [0.3, 0.4) is 0 Å². The van der Waals surface area contributed by atoms with Crippen molar-refractivity contribution in [3.05, 3.63) is 59.5 Å². The Morgan fingerprint density at radius 3 is 2.52 bits per heavy atom. The molecule has 4 aromatic rings. The third kappa shape index (κ3) is 3.08. The number of aryl methyl sites for hydroxylation is 1. The summed E-state index contributed by atoms with van der Waals surface area (Å²) >= 11 is 0. The number of nitrogens with zero attached hydrogens (tertiary/aromatic N) is 4. The number of hydrogen-bond acceptors (Lipinski definition) is 7. The highest BCUT2D eigenvalue weighted by Gasteiger charge is 2.25. The molecular formula is C21H18N4O4. The minimum absolute atomic E-state index is 0.0719. The van der Waals surface area contributed by atoms with Crippen LogP contribution in [-0.2, 0) is 20.7 Å². The van der Waals surface area contributed by atoms with Crippen LogP contribution in [0.5, 0.6) is 0 Å². The lowest BCUT2D eigenvalue weighted by molar-refractivity contribution is -0.139. The van der Waals surface area contributed by atoms with Crippen LogP contribution in [0.2, 0.25) is 0 Å². The predicted octanol–water partition coefficient (Wildman–Crippen LogP) is 2.76. The third-order valence-electron chi connectivity index (χ3n) is 4.79. The maximum Gasteiger partial charge on any atom is 0.360 e. The SMILES string of the molecule is COC(=O)Cc1c(C(=O)OC)nnc2c(-c3cccc4ccccc34)c(C)nn12. The van der Waals surface area contributed by atoms with Crippen molar-refractivity contribution in [3.63, 3.8) is 0 Å². The maximum atomic E-state index is 12.2. The number of rotatable bonds is 4. The van der Waals surface area contributed by atoms with Crippen molar-refractivity contribution < 1.29 is 19.1 Å². The third-order valence-corrected chi connectivity index (χ3v) is 4.79. The Morgan fingerprint density at radius 1 is 1.00 bits per heavy atom. The van der Waals surface area contributed by atoms with Crippen molar-refractivity contribution in [1.29, 1.82) is 0 Å². The molecular weight excluding hydrogens is 372 g/mol. The van der Waals surface area contributed by atoms with Gasteiger partial charge >= 0.3 is 11.9 Å². The molecule has 0 unspecified atom stereocenters. The fraction of sp³-hybridized carbons (Fsp3) is 0.190. The normalized spacial score (nSPS) is 11.0. The number of esters is 2. The summed E-state index contributed by atoms with van der Waals surface area (Å²) in [5, 5.41) is 15.0. The molecule has 0 atom stereocenters. The number of fused-ring (bicyclic) bond motifs is 2. The second-order valence-electron chi connectivity index (χ2n) is 6.46. The van der Waals surface area contributed by atoms with E-state index >= 15 is 0 Å². The zero-order valence-electron chi connectivity index (χ0n) is 16.2. The van der Waals surface area contributed by atoms with Crippen molar-refractivity contribution in [2.24, 2.45) is 0 Å². The largest absolute Gasteiger partial charge is 0.469 e. The molecule has 0 bridgehead atoms. The number of carbonyl (C=O) groups is 2. The van der Waals surface area contributed by atoms with Gasteiger partial charge in [-0.2, -0.15) is 5.10 Å². The summed E-state index contributed by atoms with van der Waals surface area (Å²) in [6, 6.07) is 14.0. The topological polar surface area (TPSA) is 95.7 Å². The summed E-state index contributed by atoms with van der Waals surface area (Å²) in [5.74, 6) is -1.22. The first-order chi connectivity index (χ1) is 14.0. The lowest BCUT2D eigenvalue weighted by atomic mass is 9.98. The lowest BCUT2D eigenvalue weighted by Gasteiger charge is -2.09. The van der Waals surface area contributed by atoms with Crippen molar-refractivity contribution in [3.8, 4) is 11.1 Å². The van der Waals surface area contributed by atoms with Gasteiger partial charge in [0, 0.05) is 0 Å². The summed E-state index contributed by atoms with van der Waals surface area (Å²) in [7, 11) is 2.52. The van der Waals surface area contributed by atoms with Crippen molar-refractivity contribution in [2.45, 2.75) is 13.3 Å². The molecule has 0 aliphatic rings. The molecule has 146 valence electrons. The second kappa shape index (κ2) is 7.31. The standard InChI is InChI=1S/C21H18N4O4/c1-12-18(15-10-6-8-13-7-4-5-9-14(13)15)20-23-22-19(21(27)29-3)16(25(20)24-12)11-17(26)28-2/h4-10H,11H2,1-3H3. The number of hydrogen-bond donors (Lipinski definition) is 0. The van der Waals surface area contributed by atoms with Crippen LogP contribution in [0.1, 0.15) is 21.9 Å². The molecule has 0 N–H and O–H groups in total. The molecule has 29 heavy (non-hydrogen) atoms. The number of aromatic nitrogens is 4. The molecule has 0 radical (unpaired) electrons. The highest BCUT2D eigenvalue weighted by molar-refractivity contribution is 6.00. The first-order valence-corrected chi connectivity index (χ1v) is 8.93. The van der Waals surface area contributed by atoms with Crippen molar-refractivity contribution in [1.82, 2.24) is 19.8 Å².